The van der Waals surface area contributed by atoms with E-state index in [-0.39, 0.29) is 43.0 Å². The average molecular weight is 1030 g/mol. The fourth-order valence-electron chi connectivity index (χ4n) is 9.06. The van der Waals surface area contributed by atoms with Crippen LogP contribution in [0.1, 0.15) is 93.8 Å². The van der Waals surface area contributed by atoms with E-state index in [0.29, 0.717) is 0 Å². The van der Waals surface area contributed by atoms with Gasteiger partial charge in [-0.25, -0.2) is 0 Å². The molecule has 6 aromatic carbocycles. The molecule has 2 aliphatic rings. The molecule has 2 atom stereocenters. The number of halogens is 2. The first-order valence-electron chi connectivity index (χ1n) is 21.5. The van der Waals surface area contributed by atoms with Crippen LogP contribution in [0.15, 0.2) is 179 Å². The molecule has 2 nitrogen and oxygen atoms in total. The van der Waals surface area contributed by atoms with E-state index in [1.807, 2.05) is 0 Å². The summed E-state index contributed by atoms with van der Waals surface area (Å²) in [6.45, 7) is 13.7. The standard InChI is InChI=1S/2C29H25O.2ClH.Hf/c2*1-29(2,3)24-14-12-20(13-15-24)25-11-7-10-22-18-23(19-26(22)25)28-17-16-27(30-28)21-8-5-4-6-9-21;;;/h2*4-19H,1-3H3;2*1H;/q;;;;+2/p-2. The second-order valence-electron chi connectivity index (χ2n) is 18.6. The maximum atomic E-state index is 6.85. The van der Waals surface area contributed by atoms with Gasteiger partial charge in [-0.15, -0.1) is 0 Å². The van der Waals surface area contributed by atoms with Crippen molar-refractivity contribution in [1.29, 1.82) is 0 Å². The maximum Gasteiger partial charge on any atom is -1.00 e. The van der Waals surface area contributed by atoms with Crippen molar-refractivity contribution in [2.24, 2.45) is 0 Å². The number of rotatable bonds is 8. The quantitative estimate of drug-likeness (QED) is 0.142. The third kappa shape index (κ3) is 8.61. The summed E-state index contributed by atoms with van der Waals surface area (Å²) in [5.74, 6) is 3.72. The molecule has 10 rings (SSSR count). The van der Waals surface area contributed by atoms with Gasteiger partial charge in [0.15, 0.2) is 0 Å². The molecule has 0 radical (unpaired) electrons. The average Bonchev–Trinajstić information content (AvgIpc) is 4.10. The largest absolute Gasteiger partial charge is 1.00 e. The van der Waals surface area contributed by atoms with Gasteiger partial charge in [0.1, 0.15) is 0 Å². The van der Waals surface area contributed by atoms with Gasteiger partial charge in [0.05, 0.1) is 0 Å². The number of allylic oxidation sites excluding steroid dienone is 2. The summed E-state index contributed by atoms with van der Waals surface area (Å²) in [4.78, 5) is 0. The predicted octanol–water partition coefficient (Wildman–Crippen LogP) is 10.1. The molecule has 2 aromatic heterocycles. The minimum Gasteiger partial charge on any atom is -1.00 e. The number of hydrogen-bond acceptors (Lipinski definition) is 2. The first kappa shape index (κ1) is 44.4. The van der Waals surface area contributed by atoms with E-state index in [0.717, 1.165) is 34.2 Å². The summed E-state index contributed by atoms with van der Waals surface area (Å²) in [6.07, 6.45) is 4.92. The molecule has 0 fully saturated rings. The Bertz CT molecular complexity index is 2740. The van der Waals surface area contributed by atoms with Gasteiger partial charge in [-0.3, -0.25) is 0 Å². The van der Waals surface area contributed by atoms with Crippen molar-refractivity contribution in [3.8, 4) is 44.9 Å². The smallest absolute Gasteiger partial charge is 1.00 e. The van der Waals surface area contributed by atoms with Gasteiger partial charge in [0, 0.05) is 0 Å². The van der Waals surface area contributed by atoms with Gasteiger partial charge in [-0.05, 0) is 0 Å². The van der Waals surface area contributed by atoms with E-state index >= 15 is 0 Å². The van der Waals surface area contributed by atoms with Crippen molar-refractivity contribution in [2.45, 2.75) is 59.7 Å². The molecule has 2 unspecified atom stereocenters. The van der Waals surface area contributed by atoms with Crippen molar-refractivity contribution in [1.82, 2.24) is 0 Å². The Labute approximate surface area is 396 Å². The van der Waals surface area contributed by atoms with Crippen molar-refractivity contribution in [3.05, 3.63) is 215 Å². The molecule has 0 amide bonds. The van der Waals surface area contributed by atoms with Crippen molar-refractivity contribution in [3.63, 3.8) is 0 Å². The van der Waals surface area contributed by atoms with Gasteiger partial charge < -0.3 is 24.8 Å². The van der Waals surface area contributed by atoms with Crippen LogP contribution in [-0.4, -0.2) is 0 Å². The van der Waals surface area contributed by atoms with Crippen LogP contribution in [0.2, 0.25) is 0 Å². The fourth-order valence-corrected chi connectivity index (χ4v) is 16.3. The fraction of sp³-hybridized carbons (Fsp3) is 0.172. The molecule has 5 heteroatoms. The number of hydrogen-bond donors (Lipinski definition) is 0. The Morgan fingerprint density at radius 1 is 0.365 bits per heavy atom. The molecular weight excluding hydrogens is 978 g/mol. The second-order valence-corrected chi connectivity index (χ2v) is 23.9. The molecule has 2 aliphatic carbocycles. The van der Waals surface area contributed by atoms with Crippen LogP contribution in [0, 0.1) is 0 Å². The molecule has 0 saturated carbocycles. The Balaban J connectivity index is 0.00000272. The van der Waals surface area contributed by atoms with Crippen molar-refractivity contribution in [2.75, 3.05) is 0 Å². The summed E-state index contributed by atoms with van der Waals surface area (Å²) in [7, 11) is 0. The Hall–Kier alpha value is -5.19. The van der Waals surface area contributed by atoms with Crippen molar-refractivity contribution >= 4 is 23.3 Å². The van der Waals surface area contributed by atoms with Gasteiger partial charge in [-0.2, -0.15) is 0 Å². The zero-order valence-corrected chi connectivity index (χ0v) is 41.7. The van der Waals surface area contributed by atoms with Gasteiger partial charge in [0.2, 0.25) is 0 Å². The minimum absolute atomic E-state index is 0. The monoisotopic (exact) mass is 1030 g/mol. The zero-order valence-electron chi connectivity index (χ0n) is 36.5. The SMILES string of the molecule is CC(C)(C)c1ccc(-c2cccc3c2C=C(c2ccc(-c4ccccc4)o2)[CH]3[Hf+2][CH]2C(c3ccc(-c4ccccc4)o3)=Cc3c(-c4ccc(C(C)(C)C)cc4)cccc32)cc1.[Cl-].[Cl-]. The molecule has 0 bridgehead atoms. The number of benzene rings is 6. The van der Waals surface area contributed by atoms with Crippen molar-refractivity contribution < 1.29 is 56.6 Å². The van der Waals surface area contributed by atoms with E-state index in [1.54, 1.807) is 0 Å². The van der Waals surface area contributed by atoms with Crippen LogP contribution in [0.25, 0.3) is 68.2 Å². The number of fused-ring (bicyclic) bond motifs is 2. The van der Waals surface area contributed by atoms with Crippen LogP contribution in [0.3, 0.4) is 0 Å². The van der Waals surface area contributed by atoms with E-state index < -0.39 is 22.9 Å². The Morgan fingerprint density at radius 3 is 1.10 bits per heavy atom. The Kier molecular flexibility index (Phi) is 12.5. The molecule has 2 heterocycles. The first-order valence-corrected chi connectivity index (χ1v) is 25.6. The van der Waals surface area contributed by atoms with Crippen LogP contribution in [0.4, 0.5) is 0 Å². The van der Waals surface area contributed by atoms with Gasteiger partial charge in [-0.1, -0.05) is 0 Å². The van der Waals surface area contributed by atoms with Crippen LogP contribution >= 0.6 is 0 Å². The summed E-state index contributed by atoms with van der Waals surface area (Å²) < 4.78 is 14.2. The van der Waals surface area contributed by atoms with Crippen LogP contribution in [-0.2, 0) is 33.7 Å². The number of furan rings is 2. The normalized spacial score (nSPS) is 15.3. The zero-order chi connectivity index (χ0) is 41.9. The van der Waals surface area contributed by atoms with E-state index in [2.05, 4.69) is 224 Å². The molecular formula is C58H50Cl2HfO2. The topological polar surface area (TPSA) is 26.3 Å². The maximum absolute atomic E-state index is 6.85. The summed E-state index contributed by atoms with van der Waals surface area (Å²) in [5, 5.41) is 0. The van der Waals surface area contributed by atoms with Crippen LogP contribution in [0.5, 0.6) is 0 Å². The molecule has 8 aromatic rings. The molecule has 63 heavy (non-hydrogen) atoms. The van der Waals surface area contributed by atoms with Gasteiger partial charge >= 0.3 is 374 Å². The molecule has 0 N–H and O–H groups in total. The van der Waals surface area contributed by atoms with E-state index in [4.69, 9.17) is 8.83 Å². The molecule has 312 valence electrons. The van der Waals surface area contributed by atoms with Gasteiger partial charge in [0.25, 0.3) is 0 Å². The van der Waals surface area contributed by atoms with E-state index in [1.165, 1.54) is 66.8 Å². The predicted molar refractivity (Wildman–Crippen MR) is 251 cm³/mol. The summed E-state index contributed by atoms with van der Waals surface area (Å²) in [6, 6.07) is 62.0. The Morgan fingerprint density at radius 2 is 0.730 bits per heavy atom. The summed E-state index contributed by atoms with van der Waals surface area (Å²) >= 11 is -1.80. The van der Waals surface area contributed by atoms with Crippen LogP contribution < -0.4 is 24.8 Å². The molecule has 0 saturated heterocycles. The second kappa shape index (κ2) is 17.8. The third-order valence-electron chi connectivity index (χ3n) is 12.5. The first-order chi connectivity index (χ1) is 29.5. The molecule has 0 aliphatic heterocycles. The molecule has 0 spiro atoms. The van der Waals surface area contributed by atoms with E-state index in [9.17, 15) is 0 Å². The third-order valence-corrected chi connectivity index (χ3v) is 19.3. The minimum atomic E-state index is -1.80. The summed E-state index contributed by atoms with van der Waals surface area (Å²) in [5.41, 5.74) is 18.2.